The van der Waals surface area contributed by atoms with Gasteiger partial charge in [-0.25, -0.2) is 4.79 Å². The van der Waals surface area contributed by atoms with Gasteiger partial charge in [-0.1, -0.05) is 18.2 Å². The first-order valence-electron chi connectivity index (χ1n) is 6.24. The zero-order valence-corrected chi connectivity index (χ0v) is 11.5. The predicted molar refractivity (Wildman–Crippen MR) is 77.7 cm³/mol. The third-order valence-electron chi connectivity index (χ3n) is 2.94. The van der Waals surface area contributed by atoms with E-state index >= 15 is 0 Å². The number of nitriles is 1. The molecule has 0 aliphatic heterocycles. The van der Waals surface area contributed by atoms with E-state index in [0.29, 0.717) is 28.1 Å². The van der Waals surface area contributed by atoms with Gasteiger partial charge < -0.3 is 15.2 Å². The molecule has 0 radical (unpaired) electrons. The fraction of sp³-hybridized carbons (Fsp3) is 0.125. The molecule has 0 heterocycles. The summed E-state index contributed by atoms with van der Waals surface area (Å²) >= 11 is 0. The Balaban J connectivity index is 2.14. The van der Waals surface area contributed by atoms with Gasteiger partial charge >= 0.3 is 5.97 Å². The third kappa shape index (κ3) is 3.31. The molecule has 0 unspecified atom stereocenters. The van der Waals surface area contributed by atoms with Crippen LogP contribution in [0.2, 0.25) is 0 Å². The second-order valence-electron chi connectivity index (χ2n) is 4.30. The molecule has 106 valence electrons. The Morgan fingerprint density at radius 1 is 1.29 bits per heavy atom. The number of hydrogen-bond acceptors (Lipinski definition) is 5. The first-order chi connectivity index (χ1) is 10.2. The standard InChI is InChI=1S/C16H14N2O3/c1-20-15-8-13(18)6-7-14(15)16(19)21-10-12-5-3-2-4-11(12)9-17/h2-8H,10,18H2,1H3. The van der Waals surface area contributed by atoms with E-state index in [1.54, 1.807) is 42.5 Å². The van der Waals surface area contributed by atoms with Crippen molar-refractivity contribution in [2.45, 2.75) is 6.61 Å². The minimum atomic E-state index is -0.528. The molecule has 0 amide bonds. The van der Waals surface area contributed by atoms with Crippen LogP contribution in [0.4, 0.5) is 5.69 Å². The van der Waals surface area contributed by atoms with Crippen molar-refractivity contribution >= 4 is 11.7 Å². The summed E-state index contributed by atoms with van der Waals surface area (Å²) in [6.45, 7) is 0.0239. The maximum Gasteiger partial charge on any atom is 0.342 e. The van der Waals surface area contributed by atoms with Gasteiger partial charge in [0.25, 0.3) is 0 Å². The number of esters is 1. The van der Waals surface area contributed by atoms with E-state index in [1.165, 1.54) is 7.11 Å². The van der Waals surface area contributed by atoms with Crippen molar-refractivity contribution in [3.05, 3.63) is 59.2 Å². The Kier molecular flexibility index (Phi) is 4.42. The molecule has 0 saturated carbocycles. The number of anilines is 1. The van der Waals surface area contributed by atoms with Crippen LogP contribution in [0.1, 0.15) is 21.5 Å². The summed E-state index contributed by atoms with van der Waals surface area (Å²) < 4.78 is 10.3. The van der Waals surface area contributed by atoms with Crippen LogP contribution in [0, 0.1) is 11.3 Å². The van der Waals surface area contributed by atoms with Crippen LogP contribution in [0.5, 0.6) is 5.75 Å². The van der Waals surface area contributed by atoms with E-state index in [0.717, 1.165) is 0 Å². The Morgan fingerprint density at radius 3 is 2.76 bits per heavy atom. The molecule has 2 aromatic rings. The van der Waals surface area contributed by atoms with Gasteiger partial charge in [-0.05, 0) is 18.2 Å². The summed E-state index contributed by atoms with van der Waals surface area (Å²) in [5, 5.41) is 8.99. The monoisotopic (exact) mass is 282 g/mol. The van der Waals surface area contributed by atoms with Crippen molar-refractivity contribution in [2.75, 3.05) is 12.8 Å². The van der Waals surface area contributed by atoms with Gasteiger partial charge in [-0.3, -0.25) is 0 Å². The Labute approximate surface area is 122 Å². The zero-order valence-electron chi connectivity index (χ0n) is 11.5. The van der Waals surface area contributed by atoms with E-state index in [9.17, 15) is 4.79 Å². The van der Waals surface area contributed by atoms with Gasteiger partial charge in [0, 0.05) is 17.3 Å². The van der Waals surface area contributed by atoms with Crippen LogP contribution in [0.15, 0.2) is 42.5 Å². The number of nitrogens with two attached hydrogens (primary N) is 1. The highest BCUT2D eigenvalue weighted by molar-refractivity contribution is 5.93. The molecule has 5 nitrogen and oxygen atoms in total. The molecular formula is C16H14N2O3. The first kappa shape index (κ1) is 14.4. The van der Waals surface area contributed by atoms with Crippen LogP contribution in [0.25, 0.3) is 0 Å². The summed E-state index contributed by atoms with van der Waals surface area (Å²) in [6.07, 6.45) is 0. The summed E-state index contributed by atoms with van der Waals surface area (Å²) in [7, 11) is 1.45. The molecule has 0 saturated heterocycles. The van der Waals surface area contributed by atoms with Crippen LogP contribution < -0.4 is 10.5 Å². The minimum Gasteiger partial charge on any atom is -0.496 e. The lowest BCUT2D eigenvalue weighted by atomic mass is 10.1. The van der Waals surface area contributed by atoms with Crippen molar-refractivity contribution in [1.82, 2.24) is 0 Å². The summed E-state index contributed by atoms with van der Waals surface area (Å²) in [5.41, 5.74) is 7.57. The average molecular weight is 282 g/mol. The lowest BCUT2D eigenvalue weighted by molar-refractivity contribution is 0.0469. The number of ether oxygens (including phenoxy) is 2. The molecule has 21 heavy (non-hydrogen) atoms. The number of nitrogens with zero attached hydrogens (tertiary/aromatic N) is 1. The minimum absolute atomic E-state index is 0.0239. The number of carbonyl (C=O) groups excluding carboxylic acids is 1. The van der Waals surface area contributed by atoms with E-state index in [4.69, 9.17) is 20.5 Å². The van der Waals surface area contributed by atoms with Crippen LogP contribution in [-0.2, 0) is 11.3 Å². The fourth-order valence-electron chi connectivity index (χ4n) is 1.85. The average Bonchev–Trinajstić information content (AvgIpc) is 2.52. The van der Waals surface area contributed by atoms with Crippen LogP contribution in [-0.4, -0.2) is 13.1 Å². The topological polar surface area (TPSA) is 85.3 Å². The molecule has 0 spiro atoms. The molecule has 5 heteroatoms. The molecule has 0 aliphatic carbocycles. The molecule has 2 aromatic carbocycles. The lowest BCUT2D eigenvalue weighted by Crippen LogP contribution is -2.08. The maximum absolute atomic E-state index is 12.1. The molecule has 0 bridgehead atoms. The number of nitrogen functional groups attached to an aromatic ring is 1. The van der Waals surface area contributed by atoms with E-state index in [2.05, 4.69) is 6.07 Å². The Morgan fingerprint density at radius 2 is 2.05 bits per heavy atom. The van der Waals surface area contributed by atoms with Gasteiger partial charge in [-0.2, -0.15) is 5.26 Å². The van der Waals surface area contributed by atoms with E-state index in [1.807, 2.05) is 0 Å². The lowest BCUT2D eigenvalue weighted by Gasteiger charge is -2.10. The second kappa shape index (κ2) is 6.44. The maximum atomic E-state index is 12.1. The van der Waals surface area contributed by atoms with Crippen molar-refractivity contribution in [1.29, 1.82) is 5.26 Å². The zero-order chi connectivity index (χ0) is 15.2. The number of carbonyl (C=O) groups is 1. The SMILES string of the molecule is COc1cc(N)ccc1C(=O)OCc1ccccc1C#N. The molecule has 2 rings (SSSR count). The van der Waals surface area contributed by atoms with Gasteiger partial charge in [-0.15, -0.1) is 0 Å². The van der Waals surface area contributed by atoms with Crippen LogP contribution in [0.3, 0.4) is 0 Å². The van der Waals surface area contributed by atoms with Crippen molar-refractivity contribution in [3.63, 3.8) is 0 Å². The largest absolute Gasteiger partial charge is 0.496 e. The van der Waals surface area contributed by atoms with E-state index in [-0.39, 0.29) is 6.61 Å². The predicted octanol–water partition coefficient (Wildman–Crippen LogP) is 2.51. The highest BCUT2D eigenvalue weighted by atomic mass is 16.5. The third-order valence-corrected chi connectivity index (χ3v) is 2.94. The van der Waals surface area contributed by atoms with Gasteiger partial charge in [0.2, 0.25) is 0 Å². The van der Waals surface area contributed by atoms with Gasteiger partial charge in [0.1, 0.15) is 17.9 Å². The number of benzene rings is 2. The fourth-order valence-corrected chi connectivity index (χ4v) is 1.85. The molecular weight excluding hydrogens is 268 g/mol. The molecule has 0 fully saturated rings. The highest BCUT2D eigenvalue weighted by Gasteiger charge is 2.14. The van der Waals surface area contributed by atoms with Crippen molar-refractivity contribution in [3.8, 4) is 11.8 Å². The van der Waals surface area contributed by atoms with Crippen LogP contribution >= 0.6 is 0 Å². The number of hydrogen-bond donors (Lipinski definition) is 1. The van der Waals surface area contributed by atoms with Gasteiger partial charge in [0.05, 0.1) is 18.7 Å². The van der Waals surface area contributed by atoms with Crippen molar-refractivity contribution in [2.24, 2.45) is 0 Å². The quantitative estimate of drug-likeness (QED) is 0.688. The first-order valence-corrected chi connectivity index (χ1v) is 6.24. The number of methoxy groups -OCH3 is 1. The summed E-state index contributed by atoms with van der Waals surface area (Å²) in [6, 6.07) is 13.7. The highest BCUT2D eigenvalue weighted by Crippen LogP contribution is 2.22. The molecule has 0 atom stereocenters. The van der Waals surface area contributed by atoms with E-state index < -0.39 is 5.97 Å². The molecule has 2 N–H and O–H groups in total. The summed E-state index contributed by atoms with van der Waals surface area (Å²) in [4.78, 5) is 12.1. The number of rotatable bonds is 4. The normalized spacial score (nSPS) is 9.71. The summed E-state index contributed by atoms with van der Waals surface area (Å²) in [5.74, 6) is -0.173. The molecule has 0 aromatic heterocycles. The molecule has 0 aliphatic rings. The van der Waals surface area contributed by atoms with Crippen molar-refractivity contribution < 1.29 is 14.3 Å². The Bertz CT molecular complexity index is 705. The van der Waals surface area contributed by atoms with Gasteiger partial charge in [0.15, 0.2) is 0 Å². The second-order valence-corrected chi connectivity index (χ2v) is 4.30. The smallest absolute Gasteiger partial charge is 0.342 e. The Hall–Kier alpha value is -3.00.